The second-order valence-electron chi connectivity index (χ2n) is 4.74. The number of amides is 2. The summed E-state index contributed by atoms with van der Waals surface area (Å²) in [6, 6.07) is 6.87. The molecule has 2 amide bonds. The summed E-state index contributed by atoms with van der Waals surface area (Å²) in [7, 11) is 0. The first-order valence-corrected chi connectivity index (χ1v) is 6.97. The van der Waals surface area contributed by atoms with Crippen molar-refractivity contribution in [3.05, 3.63) is 35.4 Å². The Bertz CT molecular complexity index is 482. The first-order valence-electron chi connectivity index (χ1n) is 6.97. The monoisotopic (exact) mass is 276 g/mol. The normalized spacial score (nSPS) is 14.9. The van der Waals surface area contributed by atoms with Crippen molar-refractivity contribution in [3.8, 4) is 0 Å². The summed E-state index contributed by atoms with van der Waals surface area (Å²) in [5.41, 5.74) is 1.08. The molecule has 2 rings (SSSR count). The van der Waals surface area contributed by atoms with E-state index in [4.69, 9.17) is 4.74 Å². The molecule has 1 aliphatic rings. The van der Waals surface area contributed by atoms with E-state index in [1.165, 1.54) is 0 Å². The van der Waals surface area contributed by atoms with Crippen LogP contribution in [0.4, 0.5) is 0 Å². The van der Waals surface area contributed by atoms with Crippen LogP contribution in [0.15, 0.2) is 24.3 Å². The molecule has 5 heteroatoms. The van der Waals surface area contributed by atoms with E-state index in [0.29, 0.717) is 44.0 Å². The number of hydrogen-bond acceptors (Lipinski definition) is 3. The molecule has 1 heterocycles. The van der Waals surface area contributed by atoms with Gasteiger partial charge in [-0.25, -0.2) is 0 Å². The first kappa shape index (κ1) is 14.5. The molecule has 1 fully saturated rings. The van der Waals surface area contributed by atoms with Gasteiger partial charge in [-0.05, 0) is 24.6 Å². The molecule has 20 heavy (non-hydrogen) atoms. The van der Waals surface area contributed by atoms with Crippen molar-refractivity contribution < 1.29 is 14.3 Å². The minimum absolute atomic E-state index is 0.0431. The van der Waals surface area contributed by atoms with E-state index in [1.807, 2.05) is 6.92 Å². The average Bonchev–Trinajstić information content (AvgIpc) is 2.52. The molecular formula is C15H20N2O3. The predicted octanol–water partition coefficient (Wildman–Crippen LogP) is 1.30. The third-order valence-electron chi connectivity index (χ3n) is 3.21. The summed E-state index contributed by atoms with van der Waals surface area (Å²) in [5, 5.41) is 2.81. The van der Waals surface area contributed by atoms with Crippen LogP contribution in [-0.2, 0) is 4.74 Å². The third kappa shape index (κ3) is 3.57. The SMILES string of the molecule is CCCNC(=O)c1cccc(C(=O)N2CCOCC2)c1. The highest BCUT2D eigenvalue weighted by Gasteiger charge is 2.19. The molecule has 0 aliphatic carbocycles. The Balaban J connectivity index is 2.08. The Morgan fingerprint density at radius 2 is 1.95 bits per heavy atom. The van der Waals surface area contributed by atoms with Crippen molar-refractivity contribution in [1.29, 1.82) is 0 Å². The summed E-state index contributed by atoms with van der Waals surface area (Å²) in [5.74, 6) is -0.179. The van der Waals surface area contributed by atoms with E-state index < -0.39 is 0 Å². The Labute approximate surface area is 118 Å². The molecule has 5 nitrogen and oxygen atoms in total. The van der Waals surface area contributed by atoms with Gasteiger partial charge in [-0.15, -0.1) is 0 Å². The highest BCUT2D eigenvalue weighted by molar-refractivity contribution is 5.99. The topological polar surface area (TPSA) is 58.6 Å². The van der Waals surface area contributed by atoms with E-state index in [2.05, 4.69) is 5.32 Å². The lowest BCUT2D eigenvalue weighted by molar-refractivity contribution is 0.0303. The smallest absolute Gasteiger partial charge is 0.254 e. The van der Waals surface area contributed by atoms with Crippen molar-refractivity contribution >= 4 is 11.8 Å². The van der Waals surface area contributed by atoms with Crippen LogP contribution in [0, 0.1) is 0 Å². The minimum atomic E-state index is -0.136. The van der Waals surface area contributed by atoms with Crippen molar-refractivity contribution in [2.45, 2.75) is 13.3 Å². The maximum Gasteiger partial charge on any atom is 0.254 e. The van der Waals surface area contributed by atoms with Gasteiger partial charge in [0.2, 0.25) is 0 Å². The van der Waals surface area contributed by atoms with E-state index in [1.54, 1.807) is 29.2 Å². The van der Waals surface area contributed by atoms with Gasteiger partial charge < -0.3 is 15.0 Å². The number of rotatable bonds is 4. The molecule has 0 atom stereocenters. The van der Waals surface area contributed by atoms with Crippen molar-refractivity contribution in [2.75, 3.05) is 32.8 Å². The number of hydrogen-bond donors (Lipinski definition) is 1. The van der Waals surface area contributed by atoms with E-state index in [9.17, 15) is 9.59 Å². The lowest BCUT2D eigenvalue weighted by Crippen LogP contribution is -2.40. The Kier molecular flexibility index (Phi) is 5.12. The molecule has 1 saturated heterocycles. The number of nitrogens with one attached hydrogen (secondary N) is 1. The Hall–Kier alpha value is -1.88. The molecule has 0 bridgehead atoms. The van der Waals surface area contributed by atoms with Crippen LogP contribution < -0.4 is 5.32 Å². The van der Waals surface area contributed by atoms with Crippen molar-refractivity contribution in [1.82, 2.24) is 10.2 Å². The van der Waals surface area contributed by atoms with Gasteiger partial charge >= 0.3 is 0 Å². The van der Waals surface area contributed by atoms with E-state index in [0.717, 1.165) is 6.42 Å². The van der Waals surface area contributed by atoms with Gasteiger partial charge in [0.25, 0.3) is 11.8 Å². The molecule has 0 radical (unpaired) electrons. The van der Waals surface area contributed by atoms with Crippen molar-refractivity contribution in [2.24, 2.45) is 0 Å². The zero-order valence-corrected chi connectivity index (χ0v) is 11.7. The fourth-order valence-electron chi connectivity index (χ4n) is 2.08. The highest BCUT2D eigenvalue weighted by Crippen LogP contribution is 2.10. The highest BCUT2D eigenvalue weighted by atomic mass is 16.5. The fraction of sp³-hybridized carbons (Fsp3) is 0.467. The van der Waals surface area contributed by atoms with Crippen LogP contribution >= 0.6 is 0 Å². The Morgan fingerprint density at radius 1 is 1.25 bits per heavy atom. The quantitative estimate of drug-likeness (QED) is 0.901. The number of ether oxygens (including phenoxy) is 1. The second-order valence-corrected chi connectivity index (χ2v) is 4.74. The molecule has 1 aromatic carbocycles. The maximum absolute atomic E-state index is 12.3. The summed E-state index contributed by atoms with van der Waals surface area (Å²) < 4.78 is 5.23. The standard InChI is InChI=1S/C15H20N2O3/c1-2-6-16-14(18)12-4-3-5-13(11-12)15(19)17-7-9-20-10-8-17/h3-5,11H,2,6-10H2,1H3,(H,16,18). The van der Waals surface area contributed by atoms with Crippen molar-refractivity contribution in [3.63, 3.8) is 0 Å². The van der Waals surface area contributed by atoms with Crippen LogP contribution in [0.25, 0.3) is 0 Å². The maximum atomic E-state index is 12.3. The molecule has 0 saturated carbocycles. The van der Waals surface area contributed by atoms with Gasteiger partial charge in [0, 0.05) is 30.8 Å². The van der Waals surface area contributed by atoms with E-state index >= 15 is 0 Å². The van der Waals surface area contributed by atoms with Gasteiger partial charge in [-0.2, -0.15) is 0 Å². The van der Waals surface area contributed by atoms with E-state index in [-0.39, 0.29) is 11.8 Å². The second kappa shape index (κ2) is 7.05. The van der Waals surface area contributed by atoms with Gasteiger partial charge in [0.1, 0.15) is 0 Å². The third-order valence-corrected chi connectivity index (χ3v) is 3.21. The lowest BCUT2D eigenvalue weighted by Gasteiger charge is -2.27. The molecule has 0 unspecified atom stereocenters. The van der Waals surface area contributed by atoms with Crippen LogP contribution in [-0.4, -0.2) is 49.6 Å². The van der Waals surface area contributed by atoms with Crippen LogP contribution in [0.5, 0.6) is 0 Å². The predicted molar refractivity (Wildman–Crippen MR) is 75.8 cm³/mol. The lowest BCUT2D eigenvalue weighted by atomic mass is 10.1. The number of carbonyl (C=O) groups excluding carboxylic acids is 2. The average molecular weight is 276 g/mol. The van der Waals surface area contributed by atoms with Crippen LogP contribution in [0.3, 0.4) is 0 Å². The summed E-state index contributed by atoms with van der Waals surface area (Å²) in [4.78, 5) is 26.0. The number of nitrogens with zero attached hydrogens (tertiary/aromatic N) is 1. The molecule has 0 spiro atoms. The molecule has 1 aliphatic heterocycles. The van der Waals surface area contributed by atoms with Gasteiger partial charge in [-0.1, -0.05) is 13.0 Å². The van der Waals surface area contributed by atoms with Gasteiger partial charge in [0.05, 0.1) is 13.2 Å². The zero-order valence-electron chi connectivity index (χ0n) is 11.7. The number of benzene rings is 1. The fourth-order valence-corrected chi connectivity index (χ4v) is 2.08. The van der Waals surface area contributed by atoms with Crippen LogP contribution in [0.2, 0.25) is 0 Å². The summed E-state index contributed by atoms with van der Waals surface area (Å²) in [6.07, 6.45) is 0.887. The van der Waals surface area contributed by atoms with Gasteiger partial charge in [0.15, 0.2) is 0 Å². The summed E-state index contributed by atoms with van der Waals surface area (Å²) >= 11 is 0. The summed E-state index contributed by atoms with van der Waals surface area (Å²) in [6.45, 7) is 4.99. The number of morpholine rings is 1. The molecule has 1 aromatic rings. The zero-order chi connectivity index (χ0) is 14.4. The van der Waals surface area contributed by atoms with Gasteiger partial charge in [-0.3, -0.25) is 9.59 Å². The first-order chi connectivity index (χ1) is 9.72. The minimum Gasteiger partial charge on any atom is -0.378 e. The Morgan fingerprint density at radius 3 is 2.65 bits per heavy atom. The number of carbonyl (C=O) groups is 2. The molecular weight excluding hydrogens is 256 g/mol. The van der Waals surface area contributed by atoms with Crippen LogP contribution in [0.1, 0.15) is 34.1 Å². The molecule has 108 valence electrons. The largest absolute Gasteiger partial charge is 0.378 e. The molecule has 1 N–H and O–H groups in total. The molecule has 0 aromatic heterocycles.